The van der Waals surface area contributed by atoms with Crippen LogP contribution >= 0.6 is 0 Å². The third-order valence-corrected chi connectivity index (χ3v) is 3.81. The molecule has 23 heavy (non-hydrogen) atoms. The van der Waals surface area contributed by atoms with Crippen molar-refractivity contribution in [3.05, 3.63) is 65.7 Å². The van der Waals surface area contributed by atoms with E-state index in [0.717, 1.165) is 24.2 Å². The largest absolute Gasteiger partial charge is 0.480 e. The standard InChI is InChI=1S/C20H25NO2/c1-3-18(23-19-14-8-7-10-16(19)2)20(22)21-15-9-13-17-11-5-4-6-12-17/h4-8,10-12,14,18H,3,9,13,15H2,1-2H3,(H,21,22). The van der Waals surface area contributed by atoms with Gasteiger partial charge in [-0.3, -0.25) is 4.79 Å². The zero-order chi connectivity index (χ0) is 16.5. The van der Waals surface area contributed by atoms with Crippen LogP contribution in [0.15, 0.2) is 54.6 Å². The van der Waals surface area contributed by atoms with Crippen molar-refractivity contribution in [1.29, 1.82) is 0 Å². The maximum atomic E-state index is 12.3. The zero-order valence-electron chi connectivity index (χ0n) is 13.9. The fraction of sp³-hybridized carbons (Fsp3) is 0.350. The second-order valence-corrected chi connectivity index (χ2v) is 5.66. The Labute approximate surface area is 138 Å². The van der Waals surface area contributed by atoms with Crippen molar-refractivity contribution in [2.24, 2.45) is 0 Å². The molecule has 0 saturated heterocycles. The second-order valence-electron chi connectivity index (χ2n) is 5.66. The van der Waals surface area contributed by atoms with Gasteiger partial charge in [0.25, 0.3) is 5.91 Å². The Morgan fingerprint density at radius 2 is 1.78 bits per heavy atom. The number of benzene rings is 2. The van der Waals surface area contributed by atoms with E-state index in [0.29, 0.717) is 13.0 Å². The molecular weight excluding hydrogens is 286 g/mol. The highest BCUT2D eigenvalue weighted by Crippen LogP contribution is 2.18. The summed E-state index contributed by atoms with van der Waals surface area (Å²) >= 11 is 0. The minimum atomic E-state index is -0.437. The Kier molecular flexibility index (Phi) is 6.67. The van der Waals surface area contributed by atoms with Gasteiger partial charge in [0, 0.05) is 6.54 Å². The van der Waals surface area contributed by atoms with Crippen molar-refractivity contribution < 1.29 is 9.53 Å². The first kappa shape index (κ1) is 17.1. The summed E-state index contributed by atoms with van der Waals surface area (Å²) in [5, 5.41) is 2.98. The normalized spacial score (nSPS) is 11.7. The number of hydrogen-bond acceptors (Lipinski definition) is 2. The molecule has 2 rings (SSSR count). The molecule has 0 aliphatic heterocycles. The molecule has 1 atom stereocenters. The lowest BCUT2D eigenvalue weighted by atomic mass is 10.1. The molecule has 0 saturated carbocycles. The summed E-state index contributed by atoms with van der Waals surface area (Å²) in [5.41, 5.74) is 2.34. The number of carbonyl (C=O) groups excluding carboxylic acids is 1. The first-order valence-electron chi connectivity index (χ1n) is 8.24. The Bertz CT molecular complexity index is 610. The average Bonchev–Trinajstić information content (AvgIpc) is 2.59. The van der Waals surface area contributed by atoms with Gasteiger partial charge in [0.05, 0.1) is 0 Å². The minimum Gasteiger partial charge on any atom is -0.480 e. The van der Waals surface area contributed by atoms with Gasteiger partial charge in [-0.2, -0.15) is 0 Å². The van der Waals surface area contributed by atoms with Gasteiger partial charge in [-0.25, -0.2) is 0 Å². The predicted octanol–water partition coefficient (Wildman–Crippen LogP) is 3.90. The fourth-order valence-electron chi connectivity index (χ4n) is 2.43. The molecule has 1 unspecified atom stereocenters. The molecule has 0 aliphatic rings. The van der Waals surface area contributed by atoms with Gasteiger partial charge in [0.15, 0.2) is 6.10 Å². The maximum Gasteiger partial charge on any atom is 0.261 e. The summed E-state index contributed by atoms with van der Waals surface area (Å²) in [6.07, 6.45) is 2.11. The lowest BCUT2D eigenvalue weighted by Crippen LogP contribution is -2.38. The Morgan fingerprint density at radius 3 is 2.48 bits per heavy atom. The van der Waals surface area contributed by atoms with E-state index in [4.69, 9.17) is 4.74 Å². The number of aryl methyl sites for hydroxylation is 2. The molecule has 3 nitrogen and oxygen atoms in total. The van der Waals surface area contributed by atoms with Crippen LogP contribution in [0, 0.1) is 6.92 Å². The quantitative estimate of drug-likeness (QED) is 0.751. The van der Waals surface area contributed by atoms with Crippen molar-refractivity contribution in [3.8, 4) is 5.75 Å². The smallest absolute Gasteiger partial charge is 0.261 e. The highest BCUT2D eigenvalue weighted by atomic mass is 16.5. The number of ether oxygens (including phenoxy) is 1. The van der Waals surface area contributed by atoms with E-state index < -0.39 is 6.10 Å². The van der Waals surface area contributed by atoms with Gasteiger partial charge in [0.1, 0.15) is 5.75 Å². The van der Waals surface area contributed by atoms with Crippen LogP contribution in [-0.4, -0.2) is 18.6 Å². The average molecular weight is 311 g/mol. The van der Waals surface area contributed by atoms with Crippen LogP contribution in [0.25, 0.3) is 0 Å². The number of amides is 1. The molecule has 0 heterocycles. The van der Waals surface area contributed by atoms with E-state index in [1.165, 1.54) is 5.56 Å². The molecule has 2 aromatic rings. The number of carbonyl (C=O) groups is 1. The Balaban J connectivity index is 1.77. The van der Waals surface area contributed by atoms with Crippen molar-refractivity contribution >= 4 is 5.91 Å². The molecule has 1 N–H and O–H groups in total. The number of para-hydroxylation sites is 1. The van der Waals surface area contributed by atoms with Crippen LogP contribution in [0.5, 0.6) is 5.75 Å². The molecule has 0 bridgehead atoms. The maximum absolute atomic E-state index is 12.3. The topological polar surface area (TPSA) is 38.3 Å². The summed E-state index contributed by atoms with van der Waals surface area (Å²) < 4.78 is 5.86. The van der Waals surface area contributed by atoms with E-state index in [9.17, 15) is 4.79 Å². The fourth-order valence-corrected chi connectivity index (χ4v) is 2.43. The second kappa shape index (κ2) is 8.99. The minimum absolute atomic E-state index is 0.0381. The first-order valence-corrected chi connectivity index (χ1v) is 8.24. The highest BCUT2D eigenvalue weighted by Gasteiger charge is 2.18. The molecule has 3 heteroatoms. The van der Waals surface area contributed by atoms with Gasteiger partial charge in [-0.15, -0.1) is 0 Å². The van der Waals surface area contributed by atoms with Crippen molar-refractivity contribution in [2.45, 2.75) is 39.2 Å². The molecule has 0 aromatic heterocycles. The van der Waals surface area contributed by atoms with Crippen LogP contribution in [0.2, 0.25) is 0 Å². The molecule has 1 amide bonds. The summed E-state index contributed by atoms with van der Waals surface area (Å²) in [4.78, 5) is 12.3. The summed E-state index contributed by atoms with van der Waals surface area (Å²) in [7, 11) is 0. The third-order valence-electron chi connectivity index (χ3n) is 3.81. The van der Waals surface area contributed by atoms with Crippen molar-refractivity contribution in [3.63, 3.8) is 0 Å². The zero-order valence-corrected chi connectivity index (χ0v) is 13.9. The van der Waals surface area contributed by atoms with Crippen molar-refractivity contribution in [1.82, 2.24) is 5.32 Å². The molecule has 0 aliphatic carbocycles. The van der Waals surface area contributed by atoms with Crippen molar-refractivity contribution in [2.75, 3.05) is 6.54 Å². The molecular formula is C20H25NO2. The van der Waals surface area contributed by atoms with Crippen LogP contribution in [0.4, 0.5) is 0 Å². The van der Waals surface area contributed by atoms with E-state index >= 15 is 0 Å². The molecule has 122 valence electrons. The number of rotatable bonds is 8. The van der Waals surface area contributed by atoms with Gasteiger partial charge in [-0.05, 0) is 43.4 Å². The summed E-state index contributed by atoms with van der Waals surface area (Å²) in [5.74, 6) is 0.739. The number of hydrogen-bond donors (Lipinski definition) is 1. The van der Waals surface area contributed by atoms with Crippen LogP contribution in [0.1, 0.15) is 30.9 Å². The first-order chi connectivity index (χ1) is 11.2. The van der Waals surface area contributed by atoms with E-state index in [1.54, 1.807) is 0 Å². The van der Waals surface area contributed by atoms with Crippen LogP contribution in [-0.2, 0) is 11.2 Å². The molecule has 2 aromatic carbocycles. The molecule has 0 spiro atoms. The lowest BCUT2D eigenvalue weighted by Gasteiger charge is -2.18. The van der Waals surface area contributed by atoms with E-state index in [1.807, 2.05) is 56.3 Å². The van der Waals surface area contributed by atoms with E-state index in [-0.39, 0.29) is 5.91 Å². The summed E-state index contributed by atoms with van der Waals surface area (Å²) in [6, 6.07) is 18.1. The van der Waals surface area contributed by atoms with Crippen LogP contribution in [0.3, 0.4) is 0 Å². The monoisotopic (exact) mass is 311 g/mol. The Hall–Kier alpha value is -2.29. The van der Waals surface area contributed by atoms with Gasteiger partial charge in [-0.1, -0.05) is 55.5 Å². The SMILES string of the molecule is CCC(Oc1ccccc1C)C(=O)NCCCc1ccccc1. The third kappa shape index (κ3) is 5.44. The van der Waals surface area contributed by atoms with Gasteiger partial charge < -0.3 is 10.1 Å². The predicted molar refractivity (Wildman–Crippen MR) is 93.7 cm³/mol. The summed E-state index contributed by atoms with van der Waals surface area (Å²) in [6.45, 7) is 4.62. The highest BCUT2D eigenvalue weighted by molar-refractivity contribution is 5.81. The molecule has 0 fully saturated rings. The number of nitrogens with one attached hydrogen (secondary N) is 1. The lowest BCUT2D eigenvalue weighted by molar-refractivity contribution is -0.128. The Morgan fingerprint density at radius 1 is 1.09 bits per heavy atom. The van der Waals surface area contributed by atoms with Crippen LogP contribution < -0.4 is 10.1 Å². The van der Waals surface area contributed by atoms with Gasteiger partial charge >= 0.3 is 0 Å². The molecule has 0 radical (unpaired) electrons. The van der Waals surface area contributed by atoms with Gasteiger partial charge in [0.2, 0.25) is 0 Å². The van der Waals surface area contributed by atoms with E-state index in [2.05, 4.69) is 17.4 Å².